The summed E-state index contributed by atoms with van der Waals surface area (Å²) in [5.41, 5.74) is 1.62. The Hall–Kier alpha value is -2.82. The molecule has 0 aromatic heterocycles. The van der Waals surface area contributed by atoms with Crippen molar-refractivity contribution in [3.63, 3.8) is 0 Å². The van der Waals surface area contributed by atoms with Crippen LogP contribution in [-0.4, -0.2) is 29.5 Å². The highest BCUT2D eigenvalue weighted by atomic mass is 16.5. The maximum atomic E-state index is 10.7. The Labute approximate surface area is 115 Å². The summed E-state index contributed by atoms with van der Waals surface area (Å²) in [6.07, 6.45) is 1.61. The Bertz CT molecular complexity index is 647. The van der Waals surface area contributed by atoms with E-state index in [-0.39, 0.29) is 11.3 Å². The molecule has 0 atom stereocenters. The normalized spacial score (nSPS) is 10.7. The molecule has 2 rings (SSSR count). The molecule has 2 aromatic carbocycles. The van der Waals surface area contributed by atoms with E-state index in [2.05, 4.69) is 4.99 Å². The van der Waals surface area contributed by atoms with Crippen molar-refractivity contribution in [1.82, 2.24) is 0 Å². The highest BCUT2D eigenvalue weighted by Crippen LogP contribution is 2.25. The summed E-state index contributed by atoms with van der Waals surface area (Å²) in [5, 5.41) is 18.3. The van der Waals surface area contributed by atoms with Crippen LogP contribution >= 0.6 is 0 Å². The monoisotopic (exact) mass is 271 g/mol. The van der Waals surface area contributed by atoms with E-state index in [9.17, 15) is 9.90 Å². The van der Waals surface area contributed by atoms with Crippen molar-refractivity contribution >= 4 is 17.9 Å². The number of methoxy groups -OCH3 is 1. The summed E-state index contributed by atoms with van der Waals surface area (Å²) in [4.78, 5) is 14.9. The first-order valence-corrected chi connectivity index (χ1v) is 5.84. The molecule has 5 heteroatoms. The van der Waals surface area contributed by atoms with E-state index >= 15 is 0 Å². The van der Waals surface area contributed by atoms with Crippen molar-refractivity contribution in [3.05, 3.63) is 53.6 Å². The van der Waals surface area contributed by atoms with Crippen molar-refractivity contribution in [2.75, 3.05) is 7.11 Å². The van der Waals surface area contributed by atoms with Crippen LogP contribution < -0.4 is 4.74 Å². The molecule has 2 aromatic rings. The first-order valence-electron chi connectivity index (χ1n) is 5.84. The highest BCUT2D eigenvalue weighted by Gasteiger charge is 2.02. The number of ether oxygens (including phenoxy) is 1. The molecule has 0 saturated heterocycles. The molecule has 0 aliphatic rings. The van der Waals surface area contributed by atoms with Gasteiger partial charge in [-0.3, -0.25) is 4.99 Å². The Morgan fingerprint density at radius 1 is 1.20 bits per heavy atom. The molecule has 0 unspecified atom stereocenters. The fourth-order valence-corrected chi connectivity index (χ4v) is 1.61. The first-order chi connectivity index (χ1) is 9.60. The smallest absolute Gasteiger partial charge is 0.335 e. The molecule has 102 valence electrons. The molecule has 0 spiro atoms. The summed E-state index contributed by atoms with van der Waals surface area (Å²) in [5.74, 6) is -0.533. The van der Waals surface area contributed by atoms with Crippen LogP contribution in [0, 0.1) is 0 Å². The van der Waals surface area contributed by atoms with E-state index in [1.165, 1.54) is 25.3 Å². The number of carbonyl (C=O) groups is 1. The van der Waals surface area contributed by atoms with Gasteiger partial charge in [-0.2, -0.15) is 0 Å². The summed E-state index contributed by atoms with van der Waals surface area (Å²) in [6.45, 7) is 0. The van der Waals surface area contributed by atoms with Crippen LogP contribution in [0.2, 0.25) is 0 Å². The van der Waals surface area contributed by atoms with Gasteiger partial charge in [0, 0.05) is 6.21 Å². The van der Waals surface area contributed by atoms with Crippen molar-refractivity contribution < 1.29 is 19.7 Å². The second-order valence-electron chi connectivity index (χ2n) is 4.04. The molecule has 5 nitrogen and oxygen atoms in total. The second-order valence-corrected chi connectivity index (χ2v) is 4.04. The van der Waals surface area contributed by atoms with Gasteiger partial charge in [0.2, 0.25) is 0 Å². The maximum absolute atomic E-state index is 10.7. The van der Waals surface area contributed by atoms with Gasteiger partial charge in [0.1, 0.15) is 0 Å². The van der Waals surface area contributed by atoms with E-state index in [1.54, 1.807) is 30.5 Å². The molecule has 0 heterocycles. The van der Waals surface area contributed by atoms with Crippen LogP contribution in [0.4, 0.5) is 5.69 Å². The van der Waals surface area contributed by atoms with Gasteiger partial charge in [0.15, 0.2) is 11.5 Å². The molecule has 0 bridgehead atoms. The summed E-state index contributed by atoms with van der Waals surface area (Å²) in [7, 11) is 1.47. The minimum Gasteiger partial charge on any atom is -0.504 e. The van der Waals surface area contributed by atoms with Gasteiger partial charge < -0.3 is 14.9 Å². The number of aromatic hydroxyl groups is 1. The lowest BCUT2D eigenvalue weighted by Crippen LogP contribution is -1.94. The lowest BCUT2D eigenvalue weighted by atomic mass is 10.2. The maximum Gasteiger partial charge on any atom is 0.335 e. The minimum absolute atomic E-state index is 0.0652. The molecular weight excluding hydrogens is 258 g/mol. The van der Waals surface area contributed by atoms with E-state index in [1.807, 2.05) is 0 Å². The predicted molar refractivity (Wildman–Crippen MR) is 75.3 cm³/mol. The third-order valence-electron chi connectivity index (χ3n) is 2.68. The number of phenolic OH excluding ortho intramolecular Hbond substituents is 1. The standard InChI is InChI=1S/C15H13NO4/c1-20-14-8-10(2-7-13(14)17)9-16-12-5-3-11(4-6-12)15(18)19/h2-9,17H,1H3,(H,18,19). The molecule has 0 aliphatic heterocycles. The number of phenols is 1. The topological polar surface area (TPSA) is 79.1 Å². The number of aromatic carboxylic acids is 1. The van der Waals surface area contributed by atoms with Crippen LogP contribution in [0.15, 0.2) is 47.5 Å². The molecule has 0 fully saturated rings. The molecule has 2 N–H and O–H groups in total. The van der Waals surface area contributed by atoms with Crippen molar-refractivity contribution in [2.24, 2.45) is 4.99 Å². The van der Waals surface area contributed by atoms with E-state index in [0.29, 0.717) is 11.4 Å². The Kier molecular flexibility index (Phi) is 4.00. The SMILES string of the molecule is COc1cc(C=Nc2ccc(C(=O)O)cc2)ccc1O. The molecule has 20 heavy (non-hydrogen) atoms. The lowest BCUT2D eigenvalue weighted by molar-refractivity contribution is 0.0697. The number of aliphatic imine (C=N–C) groups is 1. The van der Waals surface area contributed by atoms with Gasteiger partial charge in [-0.1, -0.05) is 0 Å². The Balaban J connectivity index is 2.18. The number of carboxylic acids is 1. The van der Waals surface area contributed by atoms with Crippen LogP contribution in [0.3, 0.4) is 0 Å². The van der Waals surface area contributed by atoms with Crippen molar-refractivity contribution in [2.45, 2.75) is 0 Å². The summed E-state index contributed by atoms with van der Waals surface area (Å²) < 4.78 is 5.00. The Morgan fingerprint density at radius 3 is 2.50 bits per heavy atom. The quantitative estimate of drug-likeness (QED) is 0.838. The first kappa shape index (κ1) is 13.6. The summed E-state index contributed by atoms with van der Waals surface area (Å²) in [6, 6.07) is 11.1. The number of benzene rings is 2. The van der Waals surface area contributed by atoms with Crippen LogP contribution in [0.25, 0.3) is 0 Å². The van der Waals surface area contributed by atoms with Gasteiger partial charge in [-0.05, 0) is 48.0 Å². The highest BCUT2D eigenvalue weighted by molar-refractivity contribution is 5.88. The van der Waals surface area contributed by atoms with Gasteiger partial charge in [-0.15, -0.1) is 0 Å². The number of rotatable bonds is 4. The largest absolute Gasteiger partial charge is 0.504 e. The summed E-state index contributed by atoms with van der Waals surface area (Å²) >= 11 is 0. The van der Waals surface area contributed by atoms with Gasteiger partial charge in [-0.25, -0.2) is 4.79 Å². The van der Waals surface area contributed by atoms with Crippen molar-refractivity contribution in [1.29, 1.82) is 0 Å². The van der Waals surface area contributed by atoms with E-state index in [0.717, 1.165) is 5.56 Å². The van der Waals surface area contributed by atoms with Gasteiger partial charge in [0.25, 0.3) is 0 Å². The second kappa shape index (κ2) is 5.88. The number of hydrogen-bond donors (Lipinski definition) is 2. The fraction of sp³-hybridized carbons (Fsp3) is 0.0667. The van der Waals surface area contributed by atoms with Crippen LogP contribution in [0.5, 0.6) is 11.5 Å². The third kappa shape index (κ3) is 3.14. The average Bonchev–Trinajstić information content (AvgIpc) is 2.46. The Morgan fingerprint density at radius 2 is 1.90 bits per heavy atom. The van der Waals surface area contributed by atoms with Gasteiger partial charge >= 0.3 is 5.97 Å². The third-order valence-corrected chi connectivity index (χ3v) is 2.68. The van der Waals surface area contributed by atoms with Crippen LogP contribution in [-0.2, 0) is 0 Å². The fourth-order valence-electron chi connectivity index (χ4n) is 1.61. The van der Waals surface area contributed by atoms with Gasteiger partial charge in [0.05, 0.1) is 18.4 Å². The molecule has 0 amide bonds. The molecule has 0 aliphatic carbocycles. The molecule has 0 saturated carbocycles. The zero-order valence-electron chi connectivity index (χ0n) is 10.8. The van der Waals surface area contributed by atoms with E-state index < -0.39 is 5.97 Å². The number of carboxylic acid groups (broad SMARTS) is 1. The zero-order chi connectivity index (χ0) is 14.5. The van der Waals surface area contributed by atoms with Crippen LogP contribution in [0.1, 0.15) is 15.9 Å². The van der Waals surface area contributed by atoms with E-state index in [4.69, 9.17) is 9.84 Å². The minimum atomic E-state index is -0.969. The predicted octanol–water partition coefficient (Wildman–Crippen LogP) is 2.85. The lowest BCUT2D eigenvalue weighted by Gasteiger charge is -2.03. The molecular formula is C15H13NO4. The molecule has 0 radical (unpaired) electrons. The number of nitrogens with zero attached hydrogens (tertiary/aromatic N) is 1. The average molecular weight is 271 g/mol. The zero-order valence-corrected chi connectivity index (χ0v) is 10.8. The number of hydrogen-bond acceptors (Lipinski definition) is 4. The van der Waals surface area contributed by atoms with Crippen molar-refractivity contribution in [3.8, 4) is 11.5 Å².